The lowest BCUT2D eigenvalue weighted by molar-refractivity contribution is -0.139. The summed E-state index contributed by atoms with van der Waals surface area (Å²) in [5.41, 5.74) is 2.30. The highest BCUT2D eigenvalue weighted by atomic mass is 19.4. The number of carbonyl (C=O) groups is 2. The fraction of sp³-hybridized carbons (Fsp3) is 0.424. The molecule has 2 heterocycles. The highest BCUT2D eigenvalue weighted by molar-refractivity contribution is 5.88. The number of alkyl halides is 3. The molecule has 0 unspecified atom stereocenters. The first kappa shape index (κ1) is 34.4. The Labute approximate surface area is 264 Å². The second kappa shape index (κ2) is 13.9. The summed E-state index contributed by atoms with van der Waals surface area (Å²) in [6, 6.07) is 7.46. The van der Waals surface area contributed by atoms with Gasteiger partial charge in [-0.2, -0.15) is 13.2 Å². The van der Waals surface area contributed by atoms with Crippen molar-refractivity contribution in [1.29, 1.82) is 0 Å². The molecule has 0 aliphatic heterocycles. The number of likely N-dealkylation sites (N-methyl/N-ethyl adjacent to an activating group) is 1. The molecule has 2 N–H and O–H groups in total. The molecule has 0 bridgehead atoms. The van der Waals surface area contributed by atoms with Gasteiger partial charge in [0.2, 0.25) is 5.91 Å². The minimum atomic E-state index is -4.76. The summed E-state index contributed by atoms with van der Waals surface area (Å²) in [5.74, 6) is -2.08. The average molecular weight is 642 g/mol. The molecule has 0 saturated heterocycles. The topological polar surface area (TPSA) is 131 Å². The van der Waals surface area contributed by atoms with Gasteiger partial charge in [-0.25, -0.2) is 4.63 Å². The minimum absolute atomic E-state index is 0.0119. The smallest absolute Gasteiger partial charge is 0.416 e. The normalized spacial score (nSPS) is 13.4. The van der Waals surface area contributed by atoms with Gasteiger partial charge in [0.05, 0.1) is 18.0 Å². The monoisotopic (exact) mass is 641 g/mol. The first-order valence-corrected chi connectivity index (χ1v) is 14.9. The molecule has 0 saturated carbocycles. The minimum Gasteiger partial charge on any atom is -0.481 e. The Morgan fingerprint density at radius 2 is 1.76 bits per heavy atom. The lowest BCUT2D eigenvalue weighted by atomic mass is 9.91. The molecule has 0 aliphatic rings. The number of carboxylic acid groups (broad SMARTS) is 1. The fourth-order valence-electron chi connectivity index (χ4n) is 5.71. The predicted molar refractivity (Wildman–Crippen MR) is 166 cm³/mol. The van der Waals surface area contributed by atoms with Crippen LogP contribution in [0.5, 0.6) is 0 Å². The third-order valence-corrected chi connectivity index (χ3v) is 7.86. The maximum atomic E-state index is 14.0. The fourth-order valence-corrected chi connectivity index (χ4v) is 5.71. The van der Waals surface area contributed by atoms with Gasteiger partial charge in [-0.15, -0.1) is 0 Å². The molecule has 46 heavy (non-hydrogen) atoms. The van der Waals surface area contributed by atoms with Crippen LogP contribution in [0.25, 0.3) is 22.2 Å². The SMILES string of the molecule is Cc1cccc(C)c1-c1cc([C@@H](CC(=O)O)NC(=O)[C@@H](CC(C)C)n2cc(CCN(C)C)c(C(F)(F)F)cc2=O)c2nonc2c1. The van der Waals surface area contributed by atoms with Gasteiger partial charge in [0.15, 0.2) is 0 Å². The number of halogens is 3. The van der Waals surface area contributed by atoms with Gasteiger partial charge >= 0.3 is 12.1 Å². The molecule has 2 aromatic heterocycles. The molecular formula is C33H38F3N5O5. The summed E-state index contributed by atoms with van der Waals surface area (Å²) < 4.78 is 47.8. The van der Waals surface area contributed by atoms with Crippen molar-refractivity contribution in [3.05, 3.63) is 80.8 Å². The van der Waals surface area contributed by atoms with E-state index < -0.39 is 47.7 Å². The van der Waals surface area contributed by atoms with Crippen LogP contribution >= 0.6 is 0 Å². The van der Waals surface area contributed by atoms with E-state index in [0.717, 1.165) is 27.5 Å². The van der Waals surface area contributed by atoms with Crippen molar-refractivity contribution in [2.45, 2.75) is 65.2 Å². The maximum Gasteiger partial charge on any atom is 0.416 e. The third-order valence-electron chi connectivity index (χ3n) is 7.86. The number of carboxylic acids is 1. The summed E-state index contributed by atoms with van der Waals surface area (Å²) in [5, 5.41) is 20.6. The van der Waals surface area contributed by atoms with Crippen molar-refractivity contribution >= 4 is 22.9 Å². The van der Waals surface area contributed by atoms with Gasteiger partial charge in [-0.1, -0.05) is 32.0 Å². The van der Waals surface area contributed by atoms with E-state index in [2.05, 4.69) is 15.6 Å². The number of aryl methyl sites for hydroxylation is 2. The maximum absolute atomic E-state index is 14.0. The van der Waals surface area contributed by atoms with Crippen LogP contribution in [0.1, 0.15) is 66.6 Å². The number of amides is 1. The van der Waals surface area contributed by atoms with Gasteiger partial charge in [-0.3, -0.25) is 14.4 Å². The van der Waals surface area contributed by atoms with Crippen LogP contribution in [-0.2, 0) is 22.2 Å². The molecule has 4 rings (SSSR count). The number of benzene rings is 2. The third kappa shape index (κ3) is 7.82. The van der Waals surface area contributed by atoms with Crippen molar-refractivity contribution < 1.29 is 32.5 Å². The number of aliphatic carboxylic acids is 1. The molecule has 10 nitrogen and oxygen atoms in total. The van der Waals surface area contributed by atoms with Crippen molar-refractivity contribution in [3.8, 4) is 11.1 Å². The quantitative estimate of drug-likeness (QED) is 0.201. The van der Waals surface area contributed by atoms with Crippen LogP contribution in [-0.4, -0.2) is 57.4 Å². The molecule has 4 aromatic rings. The number of fused-ring (bicyclic) bond motifs is 1. The lowest BCUT2D eigenvalue weighted by Crippen LogP contribution is -2.40. The highest BCUT2D eigenvalue weighted by Gasteiger charge is 2.36. The molecular weight excluding hydrogens is 603 g/mol. The Morgan fingerprint density at radius 1 is 1.09 bits per heavy atom. The van der Waals surface area contributed by atoms with E-state index in [-0.39, 0.29) is 36.4 Å². The van der Waals surface area contributed by atoms with Gasteiger partial charge < -0.3 is 19.9 Å². The van der Waals surface area contributed by atoms with Crippen LogP contribution in [0.2, 0.25) is 0 Å². The molecule has 2 atom stereocenters. The number of rotatable bonds is 12. The zero-order chi connectivity index (χ0) is 33.9. The van der Waals surface area contributed by atoms with Crippen molar-refractivity contribution in [3.63, 3.8) is 0 Å². The Kier molecular flexibility index (Phi) is 10.3. The van der Waals surface area contributed by atoms with Gasteiger partial charge in [-0.05, 0) is 97.0 Å². The molecule has 0 fully saturated rings. The van der Waals surface area contributed by atoms with Gasteiger partial charge in [0.25, 0.3) is 5.56 Å². The number of hydrogen-bond acceptors (Lipinski definition) is 7. The Bertz CT molecular complexity index is 1770. The van der Waals surface area contributed by atoms with Gasteiger partial charge in [0.1, 0.15) is 17.1 Å². The van der Waals surface area contributed by atoms with E-state index in [1.54, 1.807) is 31.1 Å². The largest absolute Gasteiger partial charge is 0.481 e. The average Bonchev–Trinajstić information content (AvgIpc) is 3.42. The first-order valence-electron chi connectivity index (χ1n) is 14.9. The van der Waals surface area contributed by atoms with Crippen LogP contribution in [0, 0.1) is 19.8 Å². The zero-order valence-corrected chi connectivity index (χ0v) is 26.6. The number of hydrogen-bond donors (Lipinski definition) is 2. The van der Waals surface area contributed by atoms with E-state index in [9.17, 15) is 32.7 Å². The Hall–Kier alpha value is -4.52. The summed E-state index contributed by atoms with van der Waals surface area (Å²) in [7, 11) is 3.44. The van der Waals surface area contributed by atoms with E-state index in [1.165, 1.54) is 0 Å². The summed E-state index contributed by atoms with van der Waals surface area (Å²) in [6.07, 6.45) is -4.11. The predicted octanol–water partition coefficient (Wildman–Crippen LogP) is 5.71. The van der Waals surface area contributed by atoms with Crippen molar-refractivity contribution in [1.82, 2.24) is 25.1 Å². The van der Waals surface area contributed by atoms with E-state index >= 15 is 0 Å². The molecule has 0 radical (unpaired) electrons. The van der Waals surface area contributed by atoms with E-state index in [0.29, 0.717) is 22.7 Å². The van der Waals surface area contributed by atoms with E-state index in [4.69, 9.17) is 4.63 Å². The second-order valence-electron chi connectivity index (χ2n) is 12.3. The molecule has 0 aliphatic carbocycles. The zero-order valence-electron chi connectivity index (χ0n) is 26.6. The number of nitrogens with zero attached hydrogens (tertiary/aromatic N) is 4. The number of aromatic nitrogens is 3. The Morgan fingerprint density at radius 3 is 2.35 bits per heavy atom. The van der Waals surface area contributed by atoms with Gasteiger partial charge in [0, 0.05) is 24.4 Å². The standard InChI is InChI=1S/C33H38F3N5O5/c1-18(2)12-27(41-17-21(10-11-40(5)6)24(15-28(41)42)33(34,35)36)32(45)37-25(16-29(43)44)23-13-22(14-26-31(23)39-46-38-26)30-19(3)8-7-9-20(30)4/h7-9,13-15,17-18,25,27H,10-12,16H2,1-6H3,(H,37,45)(H,43,44)/t25-,27-/m1/s1. The van der Waals surface area contributed by atoms with Crippen LogP contribution < -0.4 is 10.9 Å². The molecule has 2 aromatic carbocycles. The molecule has 0 spiro atoms. The highest BCUT2D eigenvalue weighted by Crippen LogP contribution is 2.35. The summed E-state index contributed by atoms with van der Waals surface area (Å²) in [6.45, 7) is 7.79. The summed E-state index contributed by atoms with van der Waals surface area (Å²) >= 11 is 0. The second-order valence-corrected chi connectivity index (χ2v) is 12.3. The number of pyridine rings is 1. The Balaban J connectivity index is 1.82. The van der Waals surface area contributed by atoms with E-state index in [1.807, 2.05) is 45.9 Å². The van der Waals surface area contributed by atoms with Crippen LogP contribution in [0.15, 0.2) is 52.0 Å². The molecule has 246 valence electrons. The van der Waals surface area contributed by atoms with Crippen molar-refractivity contribution in [2.75, 3.05) is 20.6 Å². The molecule has 1 amide bonds. The number of nitrogens with one attached hydrogen (secondary N) is 1. The summed E-state index contributed by atoms with van der Waals surface area (Å²) in [4.78, 5) is 41.0. The molecule has 13 heteroatoms. The van der Waals surface area contributed by atoms with Crippen LogP contribution in [0.4, 0.5) is 13.2 Å². The number of carbonyl (C=O) groups excluding carboxylic acids is 1. The lowest BCUT2D eigenvalue weighted by Gasteiger charge is -2.26. The van der Waals surface area contributed by atoms with Crippen LogP contribution in [0.3, 0.4) is 0 Å². The van der Waals surface area contributed by atoms with Crippen molar-refractivity contribution in [2.24, 2.45) is 5.92 Å². The first-order chi connectivity index (χ1) is 21.6.